The molecule has 4 nitrogen and oxygen atoms in total. The minimum absolute atomic E-state index is 0.461. The molecule has 1 atom stereocenters. The van der Waals surface area contributed by atoms with Crippen molar-refractivity contribution in [2.24, 2.45) is 0 Å². The first-order valence-electron chi connectivity index (χ1n) is 9.49. The highest BCUT2D eigenvalue weighted by molar-refractivity contribution is 5.74. The fourth-order valence-corrected chi connectivity index (χ4v) is 3.76. The minimum atomic E-state index is -0.592. The number of β-amino-alcohol motifs (C(OH)–C–C–N with tert-alkyl or cyclic N) is 1. The first-order valence-corrected chi connectivity index (χ1v) is 9.49. The summed E-state index contributed by atoms with van der Waals surface area (Å²) in [6, 6.07) is 22.3. The largest absolute Gasteiger partial charge is 0.493 e. The fraction of sp³-hybridized carbons (Fsp3) is 0.250. The summed E-state index contributed by atoms with van der Waals surface area (Å²) in [6.07, 6.45) is -0.592. The summed E-state index contributed by atoms with van der Waals surface area (Å²) in [5.41, 5.74) is 5.31. The van der Waals surface area contributed by atoms with Gasteiger partial charge in [0, 0.05) is 13.1 Å². The van der Waals surface area contributed by atoms with Gasteiger partial charge in [0.1, 0.15) is 6.61 Å². The molecule has 4 rings (SSSR count). The number of rotatable bonds is 4. The minimum Gasteiger partial charge on any atom is -0.493 e. The Morgan fingerprint density at radius 3 is 2.50 bits per heavy atom. The number of likely N-dealkylation sites (N-methyl/N-ethyl adjacent to an activating group) is 1. The highest BCUT2D eigenvalue weighted by Crippen LogP contribution is 2.41. The third kappa shape index (κ3) is 3.75. The van der Waals surface area contributed by atoms with Crippen molar-refractivity contribution in [3.8, 4) is 22.6 Å². The number of hydrogen-bond acceptors (Lipinski definition) is 4. The Labute approximate surface area is 166 Å². The number of aliphatic hydroxyl groups excluding tert-OH is 1. The van der Waals surface area contributed by atoms with Crippen LogP contribution in [0.25, 0.3) is 11.1 Å². The van der Waals surface area contributed by atoms with Gasteiger partial charge in [-0.1, -0.05) is 54.6 Å². The van der Waals surface area contributed by atoms with Crippen LogP contribution in [0.2, 0.25) is 0 Å². The van der Waals surface area contributed by atoms with Crippen molar-refractivity contribution < 1.29 is 14.6 Å². The molecule has 1 N–H and O–H groups in total. The monoisotopic (exact) mass is 375 g/mol. The highest BCUT2D eigenvalue weighted by Gasteiger charge is 2.24. The second-order valence-corrected chi connectivity index (χ2v) is 7.23. The molecule has 28 heavy (non-hydrogen) atoms. The topological polar surface area (TPSA) is 41.9 Å². The maximum atomic E-state index is 10.8. The van der Waals surface area contributed by atoms with Gasteiger partial charge in [-0.05, 0) is 47.0 Å². The van der Waals surface area contributed by atoms with Crippen LogP contribution in [-0.2, 0) is 13.2 Å². The Balaban J connectivity index is 1.78. The van der Waals surface area contributed by atoms with Crippen LogP contribution in [0.4, 0.5) is 0 Å². The van der Waals surface area contributed by atoms with Crippen molar-refractivity contribution in [3.05, 3.63) is 83.4 Å². The second kappa shape index (κ2) is 8.05. The number of benzene rings is 3. The maximum absolute atomic E-state index is 10.8. The zero-order valence-electron chi connectivity index (χ0n) is 16.3. The quantitative estimate of drug-likeness (QED) is 0.733. The summed E-state index contributed by atoms with van der Waals surface area (Å²) in [7, 11) is 3.66. The third-order valence-corrected chi connectivity index (χ3v) is 5.16. The van der Waals surface area contributed by atoms with Crippen molar-refractivity contribution in [2.45, 2.75) is 19.3 Å². The Morgan fingerprint density at radius 1 is 0.964 bits per heavy atom. The van der Waals surface area contributed by atoms with Gasteiger partial charge in [0.05, 0.1) is 13.2 Å². The number of nitrogens with zero attached hydrogens (tertiary/aromatic N) is 1. The first-order chi connectivity index (χ1) is 13.7. The van der Waals surface area contributed by atoms with E-state index in [0.717, 1.165) is 28.8 Å². The average Bonchev–Trinajstić information content (AvgIpc) is 2.72. The molecule has 0 radical (unpaired) electrons. The maximum Gasteiger partial charge on any atom is 0.162 e. The molecule has 1 aliphatic rings. The molecular weight excluding hydrogens is 350 g/mol. The molecule has 1 unspecified atom stereocenters. The van der Waals surface area contributed by atoms with E-state index < -0.39 is 6.10 Å². The summed E-state index contributed by atoms with van der Waals surface area (Å²) >= 11 is 0. The summed E-state index contributed by atoms with van der Waals surface area (Å²) in [5.74, 6) is 1.32. The molecule has 3 aromatic rings. The Morgan fingerprint density at radius 2 is 1.71 bits per heavy atom. The number of ether oxygens (including phenoxy) is 2. The molecule has 1 heterocycles. The zero-order chi connectivity index (χ0) is 19.5. The molecule has 0 aliphatic carbocycles. The van der Waals surface area contributed by atoms with Gasteiger partial charge in [0.15, 0.2) is 11.5 Å². The van der Waals surface area contributed by atoms with Crippen molar-refractivity contribution in [3.63, 3.8) is 0 Å². The lowest BCUT2D eigenvalue weighted by Crippen LogP contribution is -2.26. The number of methoxy groups -OCH3 is 1. The van der Waals surface area contributed by atoms with Gasteiger partial charge in [-0.3, -0.25) is 4.90 Å². The molecule has 0 spiro atoms. The average molecular weight is 375 g/mol. The molecule has 3 aromatic carbocycles. The van der Waals surface area contributed by atoms with Crippen molar-refractivity contribution >= 4 is 0 Å². The second-order valence-electron chi connectivity index (χ2n) is 7.23. The highest BCUT2D eigenvalue weighted by atomic mass is 16.5. The summed E-state index contributed by atoms with van der Waals surface area (Å²) in [6.45, 7) is 1.82. The van der Waals surface area contributed by atoms with E-state index in [1.54, 1.807) is 7.11 Å². The molecule has 0 fully saturated rings. The van der Waals surface area contributed by atoms with Gasteiger partial charge in [0.25, 0.3) is 0 Å². The Hall–Kier alpha value is -2.82. The Kier molecular flexibility index (Phi) is 5.33. The summed E-state index contributed by atoms with van der Waals surface area (Å²) in [4.78, 5) is 2.14. The van der Waals surface area contributed by atoms with Crippen molar-refractivity contribution in [2.75, 3.05) is 20.7 Å². The molecule has 144 valence electrons. The van der Waals surface area contributed by atoms with Crippen LogP contribution in [0.1, 0.15) is 22.8 Å². The fourth-order valence-electron chi connectivity index (χ4n) is 3.76. The number of fused-ring (bicyclic) bond motifs is 3. The third-order valence-electron chi connectivity index (χ3n) is 5.16. The predicted octanol–water partition coefficient (Wildman–Crippen LogP) is 4.42. The summed E-state index contributed by atoms with van der Waals surface area (Å²) in [5, 5.41) is 10.8. The van der Waals surface area contributed by atoms with Gasteiger partial charge < -0.3 is 14.6 Å². The van der Waals surface area contributed by atoms with Crippen LogP contribution in [0, 0.1) is 0 Å². The standard InChI is InChI=1S/C24H25NO3/c1-25-14-18-10-6-7-11-19(18)20-12-24(28-16-17-8-4-3-5-9-17)23(27-2)13-21(20)22(26)15-25/h3-13,22,26H,14-16H2,1-2H3. The van der Waals surface area contributed by atoms with E-state index in [2.05, 4.69) is 23.1 Å². The molecule has 0 amide bonds. The SMILES string of the molecule is COc1cc2c(cc1OCc1ccccc1)-c1ccccc1CN(C)CC2O. The van der Waals surface area contributed by atoms with Gasteiger partial charge in [0.2, 0.25) is 0 Å². The van der Waals surface area contributed by atoms with Crippen LogP contribution < -0.4 is 9.47 Å². The zero-order valence-corrected chi connectivity index (χ0v) is 16.3. The van der Waals surface area contributed by atoms with Crippen molar-refractivity contribution in [1.82, 2.24) is 4.90 Å². The van der Waals surface area contributed by atoms with Crippen LogP contribution in [-0.4, -0.2) is 30.7 Å². The Bertz CT molecular complexity index is 955. The smallest absolute Gasteiger partial charge is 0.162 e. The van der Waals surface area contributed by atoms with Gasteiger partial charge in [-0.25, -0.2) is 0 Å². The van der Waals surface area contributed by atoms with Crippen LogP contribution in [0.3, 0.4) is 0 Å². The first kappa shape index (κ1) is 18.5. The molecule has 1 aliphatic heterocycles. The lowest BCUT2D eigenvalue weighted by Gasteiger charge is -2.28. The van der Waals surface area contributed by atoms with E-state index in [4.69, 9.17) is 9.47 Å². The van der Waals surface area contributed by atoms with E-state index >= 15 is 0 Å². The normalized spacial score (nSPS) is 16.5. The van der Waals surface area contributed by atoms with Gasteiger partial charge >= 0.3 is 0 Å². The molecule has 0 saturated carbocycles. The molecular formula is C24H25NO3. The van der Waals surface area contributed by atoms with Crippen LogP contribution >= 0.6 is 0 Å². The van der Waals surface area contributed by atoms with Crippen LogP contribution in [0.5, 0.6) is 11.5 Å². The van der Waals surface area contributed by atoms with E-state index in [1.807, 2.05) is 55.6 Å². The van der Waals surface area contributed by atoms with Gasteiger partial charge in [-0.15, -0.1) is 0 Å². The molecule has 0 saturated heterocycles. The van der Waals surface area contributed by atoms with E-state index in [0.29, 0.717) is 24.7 Å². The molecule has 0 aromatic heterocycles. The lowest BCUT2D eigenvalue weighted by molar-refractivity contribution is 0.123. The molecule has 0 bridgehead atoms. The summed E-state index contributed by atoms with van der Waals surface area (Å²) < 4.78 is 11.7. The number of aliphatic hydroxyl groups is 1. The predicted molar refractivity (Wildman–Crippen MR) is 110 cm³/mol. The lowest BCUT2D eigenvalue weighted by atomic mass is 9.90. The van der Waals surface area contributed by atoms with E-state index in [1.165, 1.54) is 5.56 Å². The van der Waals surface area contributed by atoms with E-state index in [-0.39, 0.29) is 0 Å². The van der Waals surface area contributed by atoms with Crippen LogP contribution in [0.15, 0.2) is 66.7 Å². The van der Waals surface area contributed by atoms with E-state index in [9.17, 15) is 5.11 Å². The molecule has 4 heteroatoms. The van der Waals surface area contributed by atoms with Crippen molar-refractivity contribution in [1.29, 1.82) is 0 Å². The number of hydrogen-bond donors (Lipinski definition) is 1. The van der Waals surface area contributed by atoms with Gasteiger partial charge in [-0.2, -0.15) is 0 Å².